The standard InChI is InChI=1S/C11H25N3O/c1-12-4-2-3-5-13-6-7-14-8-10-15-11-9-14/h12-13H,2-11H2,1H3. The molecule has 0 saturated carbocycles. The molecule has 0 radical (unpaired) electrons. The van der Waals surface area contributed by atoms with E-state index < -0.39 is 0 Å². The number of morpholine rings is 1. The van der Waals surface area contributed by atoms with Gasteiger partial charge in [0.1, 0.15) is 0 Å². The van der Waals surface area contributed by atoms with Gasteiger partial charge in [0.2, 0.25) is 0 Å². The first-order valence-corrected chi connectivity index (χ1v) is 6.09. The highest BCUT2D eigenvalue weighted by molar-refractivity contribution is 4.63. The summed E-state index contributed by atoms with van der Waals surface area (Å²) < 4.78 is 5.30. The third-order valence-electron chi connectivity index (χ3n) is 2.74. The van der Waals surface area contributed by atoms with Crippen LogP contribution in [0.1, 0.15) is 12.8 Å². The lowest BCUT2D eigenvalue weighted by atomic mass is 10.3. The summed E-state index contributed by atoms with van der Waals surface area (Å²) in [6.45, 7) is 8.55. The number of hydrogen-bond donors (Lipinski definition) is 2. The SMILES string of the molecule is CNCCCCNCCN1CCOCC1. The number of unbranched alkanes of at least 4 members (excludes halogenated alkanes) is 1. The minimum absolute atomic E-state index is 0.905. The molecule has 0 aromatic heterocycles. The van der Waals surface area contributed by atoms with E-state index >= 15 is 0 Å². The highest BCUT2D eigenvalue weighted by atomic mass is 16.5. The number of nitrogens with zero attached hydrogens (tertiary/aromatic N) is 1. The fourth-order valence-corrected chi connectivity index (χ4v) is 1.74. The largest absolute Gasteiger partial charge is 0.379 e. The van der Waals surface area contributed by atoms with Gasteiger partial charge in [-0.3, -0.25) is 4.90 Å². The van der Waals surface area contributed by atoms with Crippen LogP contribution in [0.25, 0.3) is 0 Å². The first-order chi connectivity index (χ1) is 7.43. The quantitative estimate of drug-likeness (QED) is 0.555. The second-order valence-corrected chi connectivity index (χ2v) is 4.01. The van der Waals surface area contributed by atoms with E-state index in [9.17, 15) is 0 Å². The summed E-state index contributed by atoms with van der Waals surface area (Å²) >= 11 is 0. The summed E-state index contributed by atoms with van der Waals surface area (Å²) in [5.74, 6) is 0. The Morgan fingerprint density at radius 2 is 1.80 bits per heavy atom. The first kappa shape index (κ1) is 12.9. The Bertz CT molecular complexity index is 138. The third-order valence-corrected chi connectivity index (χ3v) is 2.74. The number of ether oxygens (including phenoxy) is 1. The molecule has 90 valence electrons. The lowest BCUT2D eigenvalue weighted by Crippen LogP contribution is -2.40. The number of hydrogen-bond acceptors (Lipinski definition) is 4. The van der Waals surface area contributed by atoms with Crippen LogP contribution < -0.4 is 10.6 Å². The zero-order valence-corrected chi connectivity index (χ0v) is 9.93. The molecule has 1 aliphatic heterocycles. The van der Waals surface area contributed by atoms with E-state index in [2.05, 4.69) is 15.5 Å². The number of rotatable bonds is 8. The molecule has 0 aromatic rings. The first-order valence-electron chi connectivity index (χ1n) is 6.09. The molecule has 15 heavy (non-hydrogen) atoms. The molecule has 1 saturated heterocycles. The molecular formula is C11H25N3O. The van der Waals surface area contributed by atoms with Crippen LogP contribution in [0.15, 0.2) is 0 Å². The molecule has 4 nitrogen and oxygen atoms in total. The van der Waals surface area contributed by atoms with Crippen LogP contribution in [0.4, 0.5) is 0 Å². The summed E-state index contributed by atoms with van der Waals surface area (Å²) in [6, 6.07) is 0. The van der Waals surface area contributed by atoms with Crippen molar-refractivity contribution in [2.45, 2.75) is 12.8 Å². The Morgan fingerprint density at radius 1 is 1.07 bits per heavy atom. The van der Waals surface area contributed by atoms with Gasteiger partial charge >= 0.3 is 0 Å². The van der Waals surface area contributed by atoms with Gasteiger partial charge in [-0.05, 0) is 33.0 Å². The summed E-state index contributed by atoms with van der Waals surface area (Å²) in [7, 11) is 2.01. The van der Waals surface area contributed by atoms with E-state index in [1.807, 2.05) is 7.05 Å². The summed E-state index contributed by atoms with van der Waals surface area (Å²) in [5.41, 5.74) is 0. The van der Waals surface area contributed by atoms with E-state index in [4.69, 9.17) is 4.74 Å². The van der Waals surface area contributed by atoms with Crippen molar-refractivity contribution in [3.63, 3.8) is 0 Å². The van der Waals surface area contributed by atoms with Crippen molar-refractivity contribution in [1.82, 2.24) is 15.5 Å². The van der Waals surface area contributed by atoms with Crippen LogP contribution in [0.5, 0.6) is 0 Å². The molecular weight excluding hydrogens is 190 g/mol. The van der Waals surface area contributed by atoms with Crippen molar-refractivity contribution >= 4 is 0 Å². The predicted octanol–water partition coefficient (Wildman–Crippen LogP) is -0.0922. The fraction of sp³-hybridized carbons (Fsp3) is 1.00. The van der Waals surface area contributed by atoms with Gasteiger partial charge in [0.25, 0.3) is 0 Å². The number of nitrogens with one attached hydrogen (secondary N) is 2. The van der Waals surface area contributed by atoms with Crippen LogP contribution in [0, 0.1) is 0 Å². The van der Waals surface area contributed by atoms with Gasteiger partial charge in [-0.1, -0.05) is 0 Å². The maximum Gasteiger partial charge on any atom is 0.0594 e. The van der Waals surface area contributed by atoms with E-state index in [0.29, 0.717) is 0 Å². The molecule has 2 N–H and O–H groups in total. The maximum absolute atomic E-state index is 5.30. The van der Waals surface area contributed by atoms with Crippen molar-refractivity contribution in [1.29, 1.82) is 0 Å². The maximum atomic E-state index is 5.30. The van der Waals surface area contributed by atoms with E-state index in [1.165, 1.54) is 12.8 Å². The molecule has 1 aliphatic rings. The minimum Gasteiger partial charge on any atom is -0.379 e. The monoisotopic (exact) mass is 215 g/mol. The molecule has 0 amide bonds. The second kappa shape index (κ2) is 9.09. The fourth-order valence-electron chi connectivity index (χ4n) is 1.74. The molecule has 0 spiro atoms. The van der Waals surface area contributed by atoms with Gasteiger partial charge in [-0.15, -0.1) is 0 Å². The van der Waals surface area contributed by atoms with Crippen molar-refractivity contribution in [2.24, 2.45) is 0 Å². The molecule has 0 unspecified atom stereocenters. The molecule has 4 heteroatoms. The third kappa shape index (κ3) is 6.84. The average molecular weight is 215 g/mol. The Kier molecular flexibility index (Phi) is 7.83. The zero-order valence-electron chi connectivity index (χ0n) is 9.93. The predicted molar refractivity (Wildman–Crippen MR) is 63.3 cm³/mol. The normalized spacial score (nSPS) is 18.2. The van der Waals surface area contributed by atoms with Crippen molar-refractivity contribution in [2.75, 3.05) is 59.5 Å². The van der Waals surface area contributed by atoms with E-state index in [1.54, 1.807) is 0 Å². The van der Waals surface area contributed by atoms with Crippen LogP contribution in [-0.2, 0) is 4.74 Å². The Hall–Kier alpha value is -0.160. The topological polar surface area (TPSA) is 36.5 Å². The average Bonchev–Trinajstić information content (AvgIpc) is 2.29. The van der Waals surface area contributed by atoms with Crippen molar-refractivity contribution in [3.8, 4) is 0 Å². The molecule has 0 aliphatic carbocycles. The lowest BCUT2D eigenvalue weighted by Gasteiger charge is -2.26. The van der Waals surface area contributed by atoms with E-state index in [-0.39, 0.29) is 0 Å². The van der Waals surface area contributed by atoms with Gasteiger partial charge in [0.05, 0.1) is 13.2 Å². The van der Waals surface area contributed by atoms with Crippen LogP contribution >= 0.6 is 0 Å². The molecule has 0 aromatic carbocycles. The van der Waals surface area contributed by atoms with Gasteiger partial charge in [-0.25, -0.2) is 0 Å². The molecule has 1 fully saturated rings. The van der Waals surface area contributed by atoms with E-state index in [0.717, 1.165) is 52.5 Å². The minimum atomic E-state index is 0.905. The van der Waals surface area contributed by atoms with Crippen LogP contribution in [0.2, 0.25) is 0 Å². The van der Waals surface area contributed by atoms with Gasteiger partial charge in [0, 0.05) is 26.2 Å². The highest BCUT2D eigenvalue weighted by Crippen LogP contribution is 1.94. The Labute approximate surface area is 93.4 Å². The summed E-state index contributed by atoms with van der Waals surface area (Å²) in [6.07, 6.45) is 2.53. The van der Waals surface area contributed by atoms with Crippen molar-refractivity contribution in [3.05, 3.63) is 0 Å². The lowest BCUT2D eigenvalue weighted by molar-refractivity contribution is 0.0384. The molecule has 1 rings (SSSR count). The molecule has 0 bridgehead atoms. The molecule has 1 heterocycles. The smallest absolute Gasteiger partial charge is 0.0594 e. The zero-order chi connectivity index (χ0) is 10.8. The summed E-state index contributed by atoms with van der Waals surface area (Å²) in [5, 5.41) is 6.64. The summed E-state index contributed by atoms with van der Waals surface area (Å²) in [4.78, 5) is 2.46. The highest BCUT2D eigenvalue weighted by Gasteiger charge is 2.08. The van der Waals surface area contributed by atoms with Crippen LogP contribution in [0.3, 0.4) is 0 Å². The van der Waals surface area contributed by atoms with Gasteiger partial charge in [0.15, 0.2) is 0 Å². The van der Waals surface area contributed by atoms with Crippen LogP contribution in [-0.4, -0.2) is 64.4 Å². The molecule has 0 atom stereocenters. The van der Waals surface area contributed by atoms with Crippen molar-refractivity contribution < 1.29 is 4.74 Å². The van der Waals surface area contributed by atoms with Gasteiger partial charge < -0.3 is 15.4 Å². The Balaban J connectivity index is 1.79. The Morgan fingerprint density at radius 3 is 2.53 bits per heavy atom. The van der Waals surface area contributed by atoms with Gasteiger partial charge in [-0.2, -0.15) is 0 Å². The second-order valence-electron chi connectivity index (χ2n) is 4.01.